The average Bonchev–Trinajstić information content (AvgIpc) is 2.31. The summed E-state index contributed by atoms with van der Waals surface area (Å²) in [6.45, 7) is 0.0746. The van der Waals surface area contributed by atoms with Crippen molar-refractivity contribution < 1.29 is 19.4 Å². The summed E-state index contributed by atoms with van der Waals surface area (Å²) in [5.74, 6) is -1.63. The Morgan fingerprint density at radius 3 is 2.78 bits per heavy atom. The van der Waals surface area contributed by atoms with Crippen molar-refractivity contribution in [2.24, 2.45) is 5.73 Å². The third-order valence-corrected chi connectivity index (χ3v) is 2.48. The Labute approximate surface area is 109 Å². The summed E-state index contributed by atoms with van der Waals surface area (Å²) in [6, 6.07) is 3.33. The van der Waals surface area contributed by atoms with E-state index in [0.717, 1.165) is 0 Å². The molecule has 0 heterocycles. The van der Waals surface area contributed by atoms with Gasteiger partial charge in [0.25, 0.3) is 0 Å². The Bertz CT molecular complexity index is 464. The minimum atomic E-state index is -1.17. The highest BCUT2D eigenvalue weighted by molar-refractivity contribution is 6.33. The van der Waals surface area contributed by atoms with E-state index >= 15 is 0 Å². The Morgan fingerprint density at radius 2 is 2.22 bits per heavy atom. The van der Waals surface area contributed by atoms with Crippen LogP contribution in [0.2, 0.25) is 5.02 Å². The fraction of sp³-hybridized carbons (Fsp3) is 0.273. The van der Waals surface area contributed by atoms with E-state index in [9.17, 15) is 9.59 Å². The van der Waals surface area contributed by atoms with Crippen LogP contribution in [-0.4, -0.2) is 36.7 Å². The van der Waals surface area contributed by atoms with Crippen LogP contribution in [0.3, 0.4) is 0 Å². The first kappa shape index (κ1) is 14.4. The number of rotatable bonds is 5. The Kier molecular flexibility index (Phi) is 5.08. The maximum atomic E-state index is 11.6. The molecule has 4 N–H and O–H groups in total. The van der Waals surface area contributed by atoms with Crippen LogP contribution >= 0.6 is 11.6 Å². The number of halogens is 1. The summed E-state index contributed by atoms with van der Waals surface area (Å²) in [5, 5.41) is 11.5. The lowest BCUT2D eigenvalue weighted by atomic mass is 10.2. The molecule has 1 aromatic carbocycles. The normalized spacial score (nSPS) is 11.9. The van der Waals surface area contributed by atoms with Crippen LogP contribution in [0.5, 0.6) is 0 Å². The van der Waals surface area contributed by atoms with Crippen molar-refractivity contribution in [2.45, 2.75) is 6.04 Å². The molecule has 1 aromatic rings. The molecule has 6 nitrogen and oxygen atoms in total. The van der Waals surface area contributed by atoms with Gasteiger partial charge in [-0.3, -0.25) is 4.79 Å². The Morgan fingerprint density at radius 1 is 1.56 bits per heavy atom. The molecule has 18 heavy (non-hydrogen) atoms. The predicted molar refractivity (Wildman–Crippen MR) is 66.9 cm³/mol. The lowest BCUT2D eigenvalue weighted by molar-refractivity contribution is -0.118. The van der Waals surface area contributed by atoms with Crippen LogP contribution < -0.4 is 11.1 Å². The van der Waals surface area contributed by atoms with Crippen molar-refractivity contribution in [3.63, 3.8) is 0 Å². The van der Waals surface area contributed by atoms with Crippen LogP contribution in [0.1, 0.15) is 10.4 Å². The zero-order chi connectivity index (χ0) is 13.7. The van der Waals surface area contributed by atoms with Gasteiger partial charge < -0.3 is 20.9 Å². The molecule has 1 amide bonds. The highest BCUT2D eigenvalue weighted by atomic mass is 35.5. The van der Waals surface area contributed by atoms with Gasteiger partial charge in [0.05, 0.1) is 17.2 Å². The minimum absolute atomic E-state index is 0.0746. The molecule has 1 atom stereocenters. The van der Waals surface area contributed by atoms with E-state index in [1.54, 1.807) is 0 Å². The number of nitrogens with two attached hydrogens (primary N) is 1. The number of carbonyl (C=O) groups excluding carboxylic acids is 1. The second-order valence-corrected chi connectivity index (χ2v) is 3.96. The van der Waals surface area contributed by atoms with Crippen molar-refractivity contribution in [1.29, 1.82) is 0 Å². The first-order valence-electron chi connectivity index (χ1n) is 5.04. The molecule has 1 unspecified atom stereocenters. The monoisotopic (exact) mass is 272 g/mol. The molecule has 0 bridgehead atoms. The quantitative estimate of drug-likeness (QED) is 0.741. The van der Waals surface area contributed by atoms with E-state index in [1.807, 2.05) is 0 Å². The second kappa shape index (κ2) is 6.34. The molecule has 0 aromatic heterocycles. The first-order valence-corrected chi connectivity index (χ1v) is 5.41. The fourth-order valence-corrected chi connectivity index (χ4v) is 1.46. The lowest BCUT2D eigenvalue weighted by Crippen LogP contribution is -2.39. The van der Waals surface area contributed by atoms with Gasteiger partial charge in [-0.25, -0.2) is 4.79 Å². The molecule has 0 spiro atoms. The highest BCUT2D eigenvalue weighted by Gasteiger charge is 2.15. The smallest absolute Gasteiger partial charge is 0.337 e. The van der Waals surface area contributed by atoms with Gasteiger partial charge in [0.2, 0.25) is 5.91 Å². The summed E-state index contributed by atoms with van der Waals surface area (Å²) in [6.07, 6.45) is 0. The Balaban J connectivity index is 2.82. The van der Waals surface area contributed by atoms with E-state index in [2.05, 4.69) is 5.32 Å². The molecule has 0 aliphatic rings. The summed E-state index contributed by atoms with van der Waals surface area (Å²) >= 11 is 5.70. The molecular formula is C11H13ClN2O4. The number of hydrogen-bond acceptors (Lipinski definition) is 4. The lowest BCUT2D eigenvalue weighted by Gasteiger charge is -2.11. The van der Waals surface area contributed by atoms with Crippen molar-refractivity contribution >= 4 is 29.2 Å². The van der Waals surface area contributed by atoms with Crippen LogP contribution in [0.25, 0.3) is 0 Å². The van der Waals surface area contributed by atoms with Crippen molar-refractivity contribution in [2.75, 3.05) is 19.0 Å². The Hall–Kier alpha value is -1.63. The van der Waals surface area contributed by atoms with Gasteiger partial charge in [0.15, 0.2) is 0 Å². The largest absolute Gasteiger partial charge is 0.478 e. The molecule has 7 heteroatoms. The predicted octanol–water partition coefficient (Wildman–Crippen LogP) is 0.950. The summed E-state index contributed by atoms with van der Waals surface area (Å²) in [7, 11) is 1.43. The van der Waals surface area contributed by atoms with Gasteiger partial charge in [0, 0.05) is 12.8 Å². The van der Waals surface area contributed by atoms with E-state index < -0.39 is 17.9 Å². The maximum absolute atomic E-state index is 11.6. The number of carbonyl (C=O) groups is 2. The van der Waals surface area contributed by atoms with Crippen LogP contribution in [-0.2, 0) is 9.53 Å². The maximum Gasteiger partial charge on any atom is 0.337 e. The number of amides is 1. The number of carboxylic acids is 1. The number of methoxy groups -OCH3 is 1. The molecule has 1 rings (SSSR count). The van der Waals surface area contributed by atoms with Gasteiger partial charge in [-0.1, -0.05) is 11.6 Å². The van der Waals surface area contributed by atoms with Gasteiger partial charge in [-0.15, -0.1) is 0 Å². The van der Waals surface area contributed by atoms with E-state index in [0.29, 0.717) is 5.69 Å². The van der Waals surface area contributed by atoms with Gasteiger partial charge >= 0.3 is 5.97 Å². The van der Waals surface area contributed by atoms with Crippen molar-refractivity contribution in [3.8, 4) is 0 Å². The summed E-state index contributed by atoms with van der Waals surface area (Å²) in [4.78, 5) is 22.4. The molecule has 0 aliphatic heterocycles. The average molecular weight is 273 g/mol. The van der Waals surface area contributed by atoms with E-state index in [4.69, 9.17) is 27.2 Å². The van der Waals surface area contributed by atoms with Crippen LogP contribution in [0.15, 0.2) is 18.2 Å². The number of benzene rings is 1. The number of ether oxygens (including phenoxy) is 1. The number of carboxylic acid groups (broad SMARTS) is 1. The number of anilines is 1. The van der Waals surface area contributed by atoms with Gasteiger partial charge in [-0.2, -0.15) is 0 Å². The molecule has 98 valence electrons. The van der Waals surface area contributed by atoms with Crippen molar-refractivity contribution in [1.82, 2.24) is 0 Å². The molecule has 0 aliphatic carbocycles. The number of nitrogens with one attached hydrogen (secondary N) is 1. The van der Waals surface area contributed by atoms with Gasteiger partial charge in [0.1, 0.15) is 6.04 Å². The van der Waals surface area contributed by atoms with E-state index in [1.165, 1.54) is 25.3 Å². The third-order valence-electron chi connectivity index (χ3n) is 2.15. The van der Waals surface area contributed by atoms with E-state index in [-0.39, 0.29) is 17.2 Å². The SMILES string of the molecule is COCC(N)C(=O)Nc1ccc(Cl)c(C(=O)O)c1. The zero-order valence-electron chi connectivity index (χ0n) is 9.64. The molecule has 0 fully saturated rings. The van der Waals surface area contributed by atoms with Crippen molar-refractivity contribution in [3.05, 3.63) is 28.8 Å². The summed E-state index contributed by atoms with van der Waals surface area (Å²) in [5.41, 5.74) is 5.75. The summed E-state index contributed by atoms with van der Waals surface area (Å²) < 4.78 is 4.74. The third kappa shape index (κ3) is 3.69. The first-order chi connectivity index (χ1) is 8.45. The fourth-order valence-electron chi connectivity index (χ4n) is 1.26. The molecular weight excluding hydrogens is 260 g/mol. The zero-order valence-corrected chi connectivity index (χ0v) is 10.4. The molecule has 0 saturated heterocycles. The molecule has 0 radical (unpaired) electrons. The van der Waals surface area contributed by atoms with Gasteiger partial charge in [-0.05, 0) is 18.2 Å². The number of hydrogen-bond donors (Lipinski definition) is 3. The highest BCUT2D eigenvalue weighted by Crippen LogP contribution is 2.20. The molecule has 0 saturated carbocycles. The standard InChI is InChI=1S/C11H13ClN2O4/c1-18-5-9(13)10(15)14-6-2-3-8(12)7(4-6)11(16)17/h2-4,9H,5,13H2,1H3,(H,14,15)(H,16,17). The topological polar surface area (TPSA) is 102 Å². The number of aromatic carboxylic acids is 1. The van der Waals surface area contributed by atoms with Crippen LogP contribution in [0, 0.1) is 0 Å². The van der Waals surface area contributed by atoms with Crippen LogP contribution in [0.4, 0.5) is 5.69 Å². The second-order valence-electron chi connectivity index (χ2n) is 3.55. The minimum Gasteiger partial charge on any atom is -0.478 e.